The van der Waals surface area contributed by atoms with Crippen molar-refractivity contribution in [1.82, 2.24) is 9.80 Å². The Morgan fingerprint density at radius 3 is 2.29 bits per heavy atom. The van der Waals surface area contributed by atoms with Crippen LogP contribution < -0.4 is 15.0 Å². The molecule has 0 aliphatic carbocycles. The van der Waals surface area contributed by atoms with Crippen LogP contribution in [-0.4, -0.2) is 74.5 Å². The smallest absolute Gasteiger partial charge is 0.238 e. The highest BCUT2D eigenvalue weighted by Gasteiger charge is 2.20. The quantitative estimate of drug-likeness (QED) is 0.625. The first-order chi connectivity index (χ1) is 17.1. The first-order valence-electron chi connectivity index (χ1n) is 12.9. The Morgan fingerprint density at radius 2 is 1.57 bits per heavy atom. The van der Waals surface area contributed by atoms with Crippen LogP contribution in [0.4, 0.5) is 11.4 Å². The number of nitrogens with one attached hydrogen (secondary N) is 1. The van der Waals surface area contributed by atoms with Gasteiger partial charge in [0.2, 0.25) is 11.8 Å². The largest absolute Gasteiger partial charge is 0.497 e. The van der Waals surface area contributed by atoms with E-state index in [0.29, 0.717) is 19.5 Å². The van der Waals surface area contributed by atoms with Gasteiger partial charge in [-0.3, -0.25) is 14.5 Å². The van der Waals surface area contributed by atoms with E-state index < -0.39 is 0 Å². The number of nitrogens with zero attached hydrogens (tertiary/aromatic N) is 3. The maximum Gasteiger partial charge on any atom is 0.238 e. The number of piperidine rings is 1. The highest BCUT2D eigenvalue weighted by atomic mass is 16.5. The Bertz CT molecular complexity index is 955. The Hall–Kier alpha value is -3.06. The van der Waals surface area contributed by atoms with Crippen LogP contribution in [0.25, 0.3) is 0 Å². The predicted molar refractivity (Wildman–Crippen MR) is 140 cm³/mol. The van der Waals surface area contributed by atoms with E-state index >= 15 is 0 Å². The minimum Gasteiger partial charge on any atom is -0.497 e. The van der Waals surface area contributed by atoms with Crippen LogP contribution in [0.1, 0.15) is 37.7 Å². The monoisotopic (exact) mass is 478 g/mol. The highest BCUT2D eigenvalue weighted by molar-refractivity contribution is 5.92. The maximum absolute atomic E-state index is 12.8. The van der Waals surface area contributed by atoms with Gasteiger partial charge in [0.1, 0.15) is 5.75 Å². The molecule has 2 fully saturated rings. The van der Waals surface area contributed by atoms with E-state index in [1.807, 2.05) is 41.3 Å². The lowest BCUT2D eigenvalue weighted by Crippen LogP contribution is -2.38. The number of anilines is 2. The van der Waals surface area contributed by atoms with Crippen molar-refractivity contribution in [3.63, 3.8) is 0 Å². The molecule has 0 radical (unpaired) electrons. The summed E-state index contributed by atoms with van der Waals surface area (Å²) in [4.78, 5) is 31.9. The molecule has 2 aliphatic rings. The third kappa shape index (κ3) is 7.46. The van der Waals surface area contributed by atoms with E-state index in [1.165, 1.54) is 24.9 Å². The van der Waals surface area contributed by atoms with Crippen LogP contribution in [0, 0.1) is 0 Å². The molecule has 2 heterocycles. The summed E-state index contributed by atoms with van der Waals surface area (Å²) in [7, 11) is 1.65. The fourth-order valence-electron chi connectivity index (χ4n) is 4.89. The van der Waals surface area contributed by atoms with Gasteiger partial charge in [0.05, 0.1) is 13.7 Å². The van der Waals surface area contributed by atoms with Gasteiger partial charge in [-0.15, -0.1) is 0 Å². The number of methoxy groups -OCH3 is 1. The zero-order valence-corrected chi connectivity index (χ0v) is 20.9. The van der Waals surface area contributed by atoms with Crippen molar-refractivity contribution < 1.29 is 14.3 Å². The number of hydrogen-bond donors (Lipinski definition) is 1. The van der Waals surface area contributed by atoms with E-state index in [2.05, 4.69) is 27.2 Å². The lowest BCUT2D eigenvalue weighted by Gasteiger charge is -2.28. The third-order valence-corrected chi connectivity index (χ3v) is 6.97. The second-order valence-corrected chi connectivity index (χ2v) is 9.50. The maximum atomic E-state index is 12.8. The van der Waals surface area contributed by atoms with Crippen LogP contribution in [-0.2, 0) is 16.0 Å². The normalized spacial score (nSPS) is 17.1. The van der Waals surface area contributed by atoms with E-state index in [-0.39, 0.29) is 11.8 Å². The van der Waals surface area contributed by atoms with Crippen LogP contribution in [0.3, 0.4) is 0 Å². The van der Waals surface area contributed by atoms with Crippen LogP contribution >= 0.6 is 0 Å². The first-order valence-corrected chi connectivity index (χ1v) is 12.9. The number of amides is 2. The molecule has 4 rings (SSSR count). The van der Waals surface area contributed by atoms with Gasteiger partial charge in [0, 0.05) is 57.1 Å². The van der Waals surface area contributed by atoms with Crippen LogP contribution in [0.15, 0.2) is 48.5 Å². The fraction of sp³-hybridized carbons (Fsp3) is 0.500. The number of carbonyl (C=O) groups excluding carboxylic acids is 2. The lowest BCUT2D eigenvalue weighted by molar-refractivity contribution is -0.131. The molecule has 188 valence electrons. The number of hydrogen-bond acceptors (Lipinski definition) is 5. The second kappa shape index (κ2) is 12.6. The number of ether oxygens (including phenoxy) is 1. The van der Waals surface area contributed by atoms with Crippen molar-refractivity contribution in [1.29, 1.82) is 0 Å². The van der Waals surface area contributed by atoms with E-state index in [0.717, 1.165) is 62.6 Å². The molecule has 0 bridgehead atoms. The molecule has 2 aromatic carbocycles. The topological polar surface area (TPSA) is 65.1 Å². The molecule has 0 unspecified atom stereocenters. The van der Waals surface area contributed by atoms with Crippen LogP contribution in [0.2, 0.25) is 0 Å². The summed E-state index contributed by atoms with van der Waals surface area (Å²) in [6.45, 7) is 5.53. The van der Waals surface area contributed by atoms with E-state index in [1.54, 1.807) is 7.11 Å². The van der Waals surface area contributed by atoms with Crippen LogP contribution in [0.5, 0.6) is 5.75 Å². The zero-order chi connectivity index (χ0) is 24.5. The lowest BCUT2D eigenvalue weighted by atomic mass is 10.1. The molecule has 7 heteroatoms. The summed E-state index contributed by atoms with van der Waals surface area (Å²) in [5.74, 6) is 1.00. The highest BCUT2D eigenvalue weighted by Crippen LogP contribution is 2.22. The fourth-order valence-corrected chi connectivity index (χ4v) is 4.89. The van der Waals surface area contributed by atoms with Crippen molar-refractivity contribution in [3.8, 4) is 5.75 Å². The summed E-state index contributed by atoms with van der Waals surface area (Å²) in [6, 6.07) is 16.1. The molecule has 0 spiro atoms. The van der Waals surface area contributed by atoms with Gasteiger partial charge in [-0.05, 0) is 74.1 Å². The van der Waals surface area contributed by atoms with Gasteiger partial charge in [-0.25, -0.2) is 0 Å². The Balaban J connectivity index is 1.19. The third-order valence-electron chi connectivity index (χ3n) is 6.97. The number of rotatable bonds is 8. The molecule has 2 amide bonds. The molecule has 0 aromatic heterocycles. The van der Waals surface area contributed by atoms with Gasteiger partial charge in [-0.1, -0.05) is 12.1 Å². The standard InChI is InChI=1S/C28H38N4O3/c1-35-26-13-6-23(7-14-26)8-15-28(34)32-19-5-16-30(20-21-32)22-27(33)29-24-9-11-25(12-10-24)31-17-3-2-4-18-31/h6-7,9-14H,2-5,8,15-22H2,1H3,(H,29,33). The van der Waals surface area contributed by atoms with Crippen molar-refractivity contribution in [2.75, 3.05) is 63.1 Å². The van der Waals surface area contributed by atoms with E-state index in [9.17, 15) is 9.59 Å². The average molecular weight is 479 g/mol. The molecule has 2 saturated heterocycles. The molecule has 2 aromatic rings. The molecule has 0 atom stereocenters. The molecule has 1 N–H and O–H groups in total. The van der Waals surface area contributed by atoms with Gasteiger partial charge in [-0.2, -0.15) is 0 Å². The van der Waals surface area contributed by atoms with Gasteiger partial charge in [0.15, 0.2) is 0 Å². The summed E-state index contributed by atoms with van der Waals surface area (Å²) < 4.78 is 5.19. The van der Waals surface area contributed by atoms with Gasteiger partial charge >= 0.3 is 0 Å². The molecule has 7 nitrogen and oxygen atoms in total. The summed E-state index contributed by atoms with van der Waals surface area (Å²) >= 11 is 0. The van der Waals surface area contributed by atoms with E-state index in [4.69, 9.17) is 4.74 Å². The summed E-state index contributed by atoms with van der Waals surface area (Å²) in [5.41, 5.74) is 3.20. The minimum atomic E-state index is -0.00463. The molecular formula is C28H38N4O3. The number of carbonyl (C=O) groups is 2. The SMILES string of the molecule is COc1ccc(CCC(=O)N2CCCN(CC(=O)Nc3ccc(N4CCCCC4)cc3)CC2)cc1. The van der Waals surface area contributed by atoms with Crippen molar-refractivity contribution in [2.24, 2.45) is 0 Å². The Labute approximate surface area is 209 Å². The molecule has 0 saturated carbocycles. The first kappa shape index (κ1) is 25.0. The molecular weight excluding hydrogens is 440 g/mol. The van der Waals surface area contributed by atoms with Gasteiger partial charge in [0.25, 0.3) is 0 Å². The number of benzene rings is 2. The minimum absolute atomic E-state index is 0.00463. The summed E-state index contributed by atoms with van der Waals surface area (Å²) in [5, 5.41) is 3.03. The number of aryl methyl sites for hydroxylation is 1. The van der Waals surface area contributed by atoms with Gasteiger partial charge < -0.3 is 19.9 Å². The van der Waals surface area contributed by atoms with Crippen molar-refractivity contribution >= 4 is 23.2 Å². The molecule has 35 heavy (non-hydrogen) atoms. The Kier molecular flexibility index (Phi) is 9.01. The Morgan fingerprint density at radius 1 is 0.829 bits per heavy atom. The summed E-state index contributed by atoms with van der Waals surface area (Å²) in [6.07, 6.45) is 5.92. The van der Waals surface area contributed by atoms with Crippen molar-refractivity contribution in [3.05, 3.63) is 54.1 Å². The average Bonchev–Trinajstić information content (AvgIpc) is 3.14. The zero-order valence-electron chi connectivity index (χ0n) is 20.9. The van der Waals surface area contributed by atoms with Crippen molar-refractivity contribution in [2.45, 2.75) is 38.5 Å². The predicted octanol–water partition coefficient (Wildman–Crippen LogP) is 3.79. The second-order valence-electron chi connectivity index (χ2n) is 9.50. The molecule has 2 aliphatic heterocycles.